The standard InChI is InChI=1S/C7H8N4O2/c8-4-2-1-3-6-7(11(12)13)10-5-9-6/h5H,2,4,8H2,(H,9,10). The van der Waals surface area contributed by atoms with Crippen LogP contribution in [0, 0.1) is 22.0 Å². The summed E-state index contributed by atoms with van der Waals surface area (Å²) in [6.45, 7) is 0.436. The van der Waals surface area contributed by atoms with E-state index in [9.17, 15) is 10.1 Å². The maximum atomic E-state index is 10.4. The van der Waals surface area contributed by atoms with E-state index in [1.807, 2.05) is 0 Å². The lowest BCUT2D eigenvalue weighted by atomic mass is 10.4. The molecule has 1 aromatic heterocycles. The number of nitro groups is 1. The Balaban J connectivity index is 2.84. The first-order chi connectivity index (χ1) is 6.25. The number of nitrogens with two attached hydrogens (primary N) is 1. The van der Waals surface area contributed by atoms with Crippen LogP contribution >= 0.6 is 0 Å². The summed E-state index contributed by atoms with van der Waals surface area (Å²) in [6, 6.07) is 0. The van der Waals surface area contributed by atoms with Crippen LogP contribution in [0.4, 0.5) is 5.82 Å². The third-order valence-electron chi connectivity index (χ3n) is 1.28. The highest BCUT2D eigenvalue weighted by Crippen LogP contribution is 2.09. The predicted octanol–water partition coefficient (Wildman–Crippen LogP) is 0.0182. The minimum Gasteiger partial charge on any atom is -0.358 e. The second-order valence-corrected chi connectivity index (χ2v) is 2.20. The largest absolute Gasteiger partial charge is 0.358 e. The van der Waals surface area contributed by atoms with Crippen LogP contribution in [0.5, 0.6) is 0 Å². The van der Waals surface area contributed by atoms with E-state index in [1.54, 1.807) is 0 Å². The van der Waals surface area contributed by atoms with Crippen molar-refractivity contribution in [3.63, 3.8) is 0 Å². The van der Waals surface area contributed by atoms with Crippen LogP contribution in [0.3, 0.4) is 0 Å². The van der Waals surface area contributed by atoms with E-state index < -0.39 is 4.92 Å². The number of nitrogens with one attached hydrogen (secondary N) is 1. The Morgan fingerprint density at radius 1 is 1.77 bits per heavy atom. The second-order valence-electron chi connectivity index (χ2n) is 2.20. The molecular formula is C7H8N4O2. The first-order valence-corrected chi connectivity index (χ1v) is 3.62. The maximum absolute atomic E-state index is 10.4. The average molecular weight is 180 g/mol. The molecule has 0 aliphatic rings. The lowest BCUT2D eigenvalue weighted by Gasteiger charge is -1.88. The molecule has 0 aliphatic carbocycles. The van der Waals surface area contributed by atoms with Gasteiger partial charge in [-0.2, -0.15) is 4.98 Å². The molecule has 1 aromatic rings. The van der Waals surface area contributed by atoms with Gasteiger partial charge in [0.25, 0.3) is 0 Å². The number of hydrogen-bond acceptors (Lipinski definition) is 4. The monoisotopic (exact) mass is 180 g/mol. The van der Waals surface area contributed by atoms with E-state index in [0.717, 1.165) is 0 Å². The van der Waals surface area contributed by atoms with Crippen molar-refractivity contribution in [2.75, 3.05) is 6.54 Å². The first-order valence-electron chi connectivity index (χ1n) is 3.62. The molecule has 0 bridgehead atoms. The van der Waals surface area contributed by atoms with Crippen molar-refractivity contribution in [2.24, 2.45) is 5.73 Å². The molecule has 68 valence electrons. The van der Waals surface area contributed by atoms with Gasteiger partial charge in [-0.15, -0.1) is 0 Å². The van der Waals surface area contributed by atoms with Gasteiger partial charge in [0, 0.05) is 13.0 Å². The summed E-state index contributed by atoms with van der Waals surface area (Å²) in [5, 5.41) is 10.4. The van der Waals surface area contributed by atoms with Gasteiger partial charge < -0.3 is 15.8 Å². The van der Waals surface area contributed by atoms with Crippen molar-refractivity contribution in [3.05, 3.63) is 22.1 Å². The topological polar surface area (TPSA) is 97.8 Å². The summed E-state index contributed by atoms with van der Waals surface area (Å²) in [6.07, 6.45) is 1.74. The van der Waals surface area contributed by atoms with Crippen LogP contribution < -0.4 is 5.73 Å². The number of imidazole rings is 1. The molecule has 3 N–H and O–H groups in total. The van der Waals surface area contributed by atoms with Crippen molar-refractivity contribution < 1.29 is 4.92 Å². The molecule has 0 saturated carbocycles. The van der Waals surface area contributed by atoms with Crippen molar-refractivity contribution >= 4 is 5.82 Å². The molecular weight excluding hydrogens is 172 g/mol. The Labute approximate surface area is 74.3 Å². The zero-order valence-corrected chi connectivity index (χ0v) is 6.78. The van der Waals surface area contributed by atoms with Gasteiger partial charge in [-0.25, -0.2) is 4.98 Å². The number of hydrogen-bond donors (Lipinski definition) is 2. The summed E-state index contributed by atoms with van der Waals surface area (Å²) in [7, 11) is 0. The van der Waals surface area contributed by atoms with Crippen LogP contribution in [0.2, 0.25) is 0 Å². The van der Waals surface area contributed by atoms with Crippen LogP contribution in [0.1, 0.15) is 12.1 Å². The van der Waals surface area contributed by atoms with Gasteiger partial charge in [0.05, 0.1) is 0 Å². The SMILES string of the molecule is NCCC#Cc1nc[nH]c1[N+](=O)[O-]. The summed E-state index contributed by atoms with van der Waals surface area (Å²) in [5.74, 6) is 5.06. The van der Waals surface area contributed by atoms with Crippen LogP contribution in [-0.4, -0.2) is 21.4 Å². The van der Waals surface area contributed by atoms with Crippen molar-refractivity contribution in [1.82, 2.24) is 9.97 Å². The molecule has 0 radical (unpaired) electrons. The molecule has 6 nitrogen and oxygen atoms in total. The normalized spacial score (nSPS) is 9.00. The molecule has 0 aromatic carbocycles. The third-order valence-corrected chi connectivity index (χ3v) is 1.28. The number of aromatic amines is 1. The molecule has 0 fully saturated rings. The molecule has 0 atom stereocenters. The van der Waals surface area contributed by atoms with Gasteiger partial charge in [0.1, 0.15) is 0 Å². The Hall–Kier alpha value is -1.87. The minimum absolute atomic E-state index is 0.151. The molecule has 0 amide bonds. The molecule has 0 aliphatic heterocycles. The Bertz CT molecular complexity index is 360. The minimum atomic E-state index is -0.556. The second kappa shape index (κ2) is 4.23. The fourth-order valence-electron chi connectivity index (χ4n) is 0.737. The lowest BCUT2D eigenvalue weighted by Crippen LogP contribution is -1.96. The van der Waals surface area contributed by atoms with Gasteiger partial charge in [-0.1, -0.05) is 5.92 Å². The fraction of sp³-hybridized carbons (Fsp3) is 0.286. The highest BCUT2D eigenvalue weighted by Gasteiger charge is 2.11. The van der Waals surface area contributed by atoms with E-state index in [2.05, 4.69) is 21.8 Å². The number of nitrogens with zero attached hydrogens (tertiary/aromatic N) is 2. The smallest absolute Gasteiger partial charge is 0.356 e. The summed E-state index contributed by atoms with van der Waals surface area (Å²) in [4.78, 5) is 15.9. The summed E-state index contributed by atoms with van der Waals surface area (Å²) < 4.78 is 0. The molecule has 0 saturated heterocycles. The fourth-order valence-corrected chi connectivity index (χ4v) is 0.737. The number of H-pyrrole nitrogens is 1. The molecule has 1 rings (SSSR count). The Kier molecular flexibility index (Phi) is 3.00. The Morgan fingerprint density at radius 3 is 3.15 bits per heavy atom. The third kappa shape index (κ3) is 2.28. The summed E-state index contributed by atoms with van der Waals surface area (Å²) >= 11 is 0. The predicted molar refractivity (Wildman–Crippen MR) is 45.8 cm³/mol. The molecule has 0 unspecified atom stereocenters. The van der Waals surface area contributed by atoms with E-state index in [-0.39, 0.29) is 11.5 Å². The summed E-state index contributed by atoms with van der Waals surface area (Å²) in [5.41, 5.74) is 5.35. The molecule has 6 heteroatoms. The van der Waals surface area contributed by atoms with E-state index in [0.29, 0.717) is 13.0 Å². The highest BCUT2D eigenvalue weighted by atomic mass is 16.6. The lowest BCUT2D eigenvalue weighted by molar-refractivity contribution is -0.389. The zero-order chi connectivity index (χ0) is 9.68. The Morgan fingerprint density at radius 2 is 2.54 bits per heavy atom. The van der Waals surface area contributed by atoms with Gasteiger partial charge in [0.2, 0.25) is 5.69 Å². The van der Waals surface area contributed by atoms with Crippen LogP contribution in [-0.2, 0) is 0 Å². The van der Waals surface area contributed by atoms with Gasteiger partial charge >= 0.3 is 5.82 Å². The van der Waals surface area contributed by atoms with E-state index in [1.165, 1.54) is 6.33 Å². The van der Waals surface area contributed by atoms with E-state index in [4.69, 9.17) is 5.73 Å². The van der Waals surface area contributed by atoms with Gasteiger partial charge in [-0.05, 0) is 10.8 Å². The van der Waals surface area contributed by atoms with Crippen molar-refractivity contribution in [3.8, 4) is 11.8 Å². The maximum Gasteiger partial charge on any atom is 0.356 e. The zero-order valence-electron chi connectivity index (χ0n) is 6.78. The van der Waals surface area contributed by atoms with E-state index >= 15 is 0 Å². The van der Waals surface area contributed by atoms with Crippen LogP contribution in [0.15, 0.2) is 6.33 Å². The average Bonchev–Trinajstić information content (AvgIpc) is 2.53. The molecule has 0 spiro atoms. The van der Waals surface area contributed by atoms with Crippen LogP contribution in [0.25, 0.3) is 0 Å². The van der Waals surface area contributed by atoms with Gasteiger partial charge in [-0.3, -0.25) is 0 Å². The van der Waals surface area contributed by atoms with Gasteiger partial charge in [0.15, 0.2) is 6.33 Å². The van der Waals surface area contributed by atoms with Crippen molar-refractivity contribution in [1.29, 1.82) is 0 Å². The number of rotatable bonds is 2. The molecule has 1 heterocycles. The first kappa shape index (κ1) is 9.22. The van der Waals surface area contributed by atoms with Crippen molar-refractivity contribution in [2.45, 2.75) is 6.42 Å². The highest BCUT2D eigenvalue weighted by molar-refractivity contribution is 5.40. The molecule has 13 heavy (non-hydrogen) atoms. The number of aromatic nitrogens is 2. The quantitative estimate of drug-likeness (QED) is 0.380.